The van der Waals surface area contributed by atoms with E-state index in [0.29, 0.717) is 17.2 Å². The van der Waals surface area contributed by atoms with Crippen molar-refractivity contribution >= 4 is 25.3 Å². The van der Waals surface area contributed by atoms with Gasteiger partial charge in [-0.3, -0.25) is 0 Å². The largest absolute Gasteiger partial charge is 0.490 e. The van der Waals surface area contributed by atoms with Crippen LogP contribution in [0.15, 0.2) is 84.9 Å². The summed E-state index contributed by atoms with van der Waals surface area (Å²) in [6, 6.07) is 24.2. The highest BCUT2D eigenvalue weighted by Crippen LogP contribution is 2.53. The SMILES string of the molecule is C#CCOCCOC(=O)NC(Cc1ccc(N)cc1)P(=O)(Oc1ccccc1)Oc1ccccc1.O=C(O)C(F)(F)F. The minimum atomic E-state index is -5.08. The summed E-state index contributed by atoms with van der Waals surface area (Å²) in [6.45, 7) is 0.195. The summed E-state index contributed by atoms with van der Waals surface area (Å²) in [5, 5.41) is 9.78. The molecule has 0 radical (unpaired) electrons. The molecule has 0 saturated heterocycles. The normalized spacial score (nSPS) is 11.6. The van der Waals surface area contributed by atoms with E-state index in [2.05, 4.69) is 11.2 Å². The Labute approximate surface area is 240 Å². The number of anilines is 1. The molecule has 14 heteroatoms. The summed E-state index contributed by atoms with van der Waals surface area (Å²) >= 11 is 0. The first-order valence-electron chi connectivity index (χ1n) is 12.1. The Morgan fingerprint density at radius 2 is 1.43 bits per heavy atom. The zero-order chi connectivity index (χ0) is 31.0. The van der Waals surface area contributed by atoms with Gasteiger partial charge in [0.1, 0.15) is 24.7 Å². The first-order valence-corrected chi connectivity index (χ1v) is 13.7. The number of alkyl halides is 3. The van der Waals surface area contributed by atoms with Crippen molar-refractivity contribution in [2.75, 3.05) is 25.6 Å². The van der Waals surface area contributed by atoms with Gasteiger partial charge >= 0.3 is 25.8 Å². The molecule has 0 aliphatic heterocycles. The highest BCUT2D eigenvalue weighted by molar-refractivity contribution is 7.55. The van der Waals surface area contributed by atoms with Crippen LogP contribution in [-0.2, 0) is 25.3 Å². The van der Waals surface area contributed by atoms with Gasteiger partial charge in [0.2, 0.25) is 0 Å². The van der Waals surface area contributed by atoms with Crippen LogP contribution in [0.2, 0.25) is 0 Å². The van der Waals surface area contributed by atoms with Crippen LogP contribution in [0.3, 0.4) is 0 Å². The predicted octanol–water partition coefficient (Wildman–Crippen LogP) is 5.50. The van der Waals surface area contributed by atoms with E-state index < -0.39 is 31.6 Å². The Morgan fingerprint density at radius 1 is 0.929 bits per heavy atom. The van der Waals surface area contributed by atoms with E-state index in [4.69, 9.17) is 40.6 Å². The van der Waals surface area contributed by atoms with Gasteiger partial charge in [-0.25, -0.2) is 14.2 Å². The monoisotopic (exact) mass is 608 g/mol. The number of carbonyl (C=O) groups is 2. The van der Waals surface area contributed by atoms with Crippen LogP contribution in [0.4, 0.5) is 23.7 Å². The summed E-state index contributed by atoms with van der Waals surface area (Å²) in [6.07, 6.45) is -0.629. The number of carboxylic acid groups (broad SMARTS) is 1. The number of nitrogen functional groups attached to an aromatic ring is 1. The Morgan fingerprint density at radius 3 is 1.88 bits per heavy atom. The minimum Gasteiger partial charge on any atom is -0.475 e. The second-order valence-corrected chi connectivity index (χ2v) is 10.2. The number of halogens is 3. The van der Waals surface area contributed by atoms with Crippen molar-refractivity contribution in [3.8, 4) is 23.8 Å². The molecule has 0 bridgehead atoms. The van der Waals surface area contributed by atoms with Crippen LogP contribution in [-0.4, -0.2) is 48.9 Å². The van der Waals surface area contributed by atoms with Crippen molar-refractivity contribution in [2.24, 2.45) is 0 Å². The average Bonchev–Trinajstić information content (AvgIpc) is 2.94. The number of para-hydroxylation sites is 2. The molecule has 1 atom stereocenters. The van der Waals surface area contributed by atoms with Gasteiger partial charge in [-0.15, -0.1) is 6.42 Å². The van der Waals surface area contributed by atoms with Crippen molar-refractivity contribution in [1.29, 1.82) is 0 Å². The third-order valence-electron chi connectivity index (χ3n) is 4.92. The molecule has 0 fully saturated rings. The molecule has 224 valence electrons. The summed E-state index contributed by atoms with van der Waals surface area (Å²) < 4.78 is 68.1. The molecule has 0 aliphatic carbocycles. The lowest BCUT2D eigenvalue weighted by molar-refractivity contribution is -0.192. The number of terminal acetylenes is 1. The first kappa shape index (κ1) is 33.5. The minimum absolute atomic E-state index is 0.0362. The van der Waals surface area contributed by atoms with Crippen molar-refractivity contribution in [3.63, 3.8) is 0 Å². The Hall–Kier alpha value is -4.66. The van der Waals surface area contributed by atoms with Crippen LogP contribution < -0.4 is 20.1 Å². The van der Waals surface area contributed by atoms with Crippen molar-refractivity contribution < 1.29 is 51.0 Å². The van der Waals surface area contributed by atoms with Gasteiger partial charge in [-0.1, -0.05) is 54.5 Å². The van der Waals surface area contributed by atoms with Gasteiger partial charge in [0, 0.05) is 12.1 Å². The van der Waals surface area contributed by atoms with Gasteiger partial charge in [0.05, 0.1) is 6.61 Å². The zero-order valence-corrected chi connectivity index (χ0v) is 22.9. The van der Waals surface area contributed by atoms with E-state index in [1.807, 2.05) is 0 Å². The molecule has 0 spiro atoms. The van der Waals surface area contributed by atoms with Crippen LogP contribution in [0.25, 0.3) is 0 Å². The fourth-order valence-corrected chi connectivity index (χ4v) is 4.84. The lowest BCUT2D eigenvalue weighted by atomic mass is 10.1. The molecule has 3 rings (SSSR count). The predicted molar refractivity (Wildman–Crippen MR) is 148 cm³/mol. The van der Waals surface area contributed by atoms with Gasteiger partial charge in [0.15, 0.2) is 5.78 Å². The molecule has 4 N–H and O–H groups in total. The fourth-order valence-electron chi connectivity index (χ4n) is 3.02. The standard InChI is InChI=1S/C26H27N2O6P.C2HF3O2/c1-2-17-31-18-19-32-26(29)28-25(20-21-13-15-22(27)16-14-21)35(30,33-23-9-5-3-6-10-23)34-24-11-7-4-8-12-24;3-2(4,5)1(6)7/h1,3-16,25H,17-20,27H2,(H,28,29);(H,6,7). The van der Waals surface area contributed by atoms with Crippen molar-refractivity contribution in [2.45, 2.75) is 18.4 Å². The Bertz CT molecular complexity index is 1310. The number of benzene rings is 3. The summed E-state index contributed by atoms with van der Waals surface area (Å²) in [7, 11) is -4.06. The number of hydrogen-bond acceptors (Lipinski definition) is 8. The molecule has 0 aliphatic rings. The lowest BCUT2D eigenvalue weighted by Crippen LogP contribution is -2.39. The maximum Gasteiger partial charge on any atom is 0.490 e. The fraction of sp³-hybridized carbons (Fsp3) is 0.214. The molecule has 10 nitrogen and oxygen atoms in total. The van der Waals surface area contributed by atoms with Gasteiger partial charge in [-0.2, -0.15) is 13.2 Å². The van der Waals surface area contributed by atoms with Crippen LogP contribution in [0.5, 0.6) is 11.5 Å². The second-order valence-electron chi connectivity index (χ2n) is 8.15. The molecule has 3 aromatic carbocycles. The molecule has 0 heterocycles. The lowest BCUT2D eigenvalue weighted by Gasteiger charge is -2.28. The van der Waals surface area contributed by atoms with E-state index in [1.165, 1.54) is 0 Å². The molecule has 3 aromatic rings. The van der Waals surface area contributed by atoms with Crippen LogP contribution in [0, 0.1) is 12.3 Å². The molecular formula is C28H28F3N2O8P. The van der Waals surface area contributed by atoms with Crippen LogP contribution in [0.1, 0.15) is 5.56 Å². The van der Waals surface area contributed by atoms with E-state index >= 15 is 0 Å². The maximum absolute atomic E-state index is 14.3. The third kappa shape index (κ3) is 12.2. The number of carboxylic acids is 1. The smallest absolute Gasteiger partial charge is 0.475 e. The number of hydrogen-bond donors (Lipinski definition) is 3. The molecule has 1 unspecified atom stereocenters. The number of carbonyl (C=O) groups excluding carboxylic acids is 1. The maximum atomic E-state index is 14.3. The summed E-state index contributed by atoms with van der Waals surface area (Å²) in [4.78, 5) is 21.5. The Balaban J connectivity index is 0.000000782. The quantitative estimate of drug-likeness (QED) is 0.105. The summed E-state index contributed by atoms with van der Waals surface area (Å²) in [5.74, 6) is -0.869. The average molecular weight is 609 g/mol. The van der Waals surface area contributed by atoms with Crippen molar-refractivity contribution in [3.05, 3.63) is 90.5 Å². The number of ether oxygens (including phenoxy) is 2. The number of aliphatic carboxylic acids is 1. The molecular weight excluding hydrogens is 580 g/mol. The van der Waals surface area contributed by atoms with Gasteiger partial charge < -0.3 is 34.7 Å². The molecule has 42 heavy (non-hydrogen) atoms. The third-order valence-corrected chi connectivity index (χ3v) is 6.92. The van der Waals surface area contributed by atoms with E-state index in [1.54, 1.807) is 84.9 Å². The molecule has 0 saturated carbocycles. The zero-order valence-electron chi connectivity index (χ0n) is 22.0. The van der Waals surface area contributed by atoms with E-state index in [9.17, 15) is 22.5 Å². The topological polar surface area (TPSA) is 146 Å². The number of amides is 1. The highest BCUT2D eigenvalue weighted by Gasteiger charge is 2.41. The summed E-state index contributed by atoms with van der Waals surface area (Å²) in [5.41, 5.74) is 7.14. The molecule has 1 amide bonds. The van der Waals surface area contributed by atoms with Crippen molar-refractivity contribution in [1.82, 2.24) is 5.32 Å². The van der Waals surface area contributed by atoms with Crippen LogP contribution >= 0.6 is 7.60 Å². The Kier molecular flexibility index (Phi) is 13.2. The first-order chi connectivity index (χ1) is 19.9. The number of alkyl carbamates (subject to hydrolysis) is 1. The van der Waals surface area contributed by atoms with Gasteiger partial charge in [-0.05, 0) is 42.0 Å². The number of nitrogens with one attached hydrogen (secondary N) is 1. The van der Waals surface area contributed by atoms with Gasteiger partial charge in [0.25, 0.3) is 0 Å². The number of rotatable bonds is 12. The van der Waals surface area contributed by atoms with E-state index in [-0.39, 0.29) is 26.2 Å². The second kappa shape index (κ2) is 16.6. The highest BCUT2D eigenvalue weighted by atomic mass is 31.2. The molecule has 0 aromatic heterocycles. The van der Waals surface area contributed by atoms with E-state index in [0.717, 1.165) is 5.56 Å². The number of nitrogens with two attached hydrogens (primary N) is 1.